The van der Waals surface area contributed by atoms with Gasteiger partial charge < -0.3 is 0 Å². The van der Waals surface area contributed by atoms with Gasteiger partial charge in [-0.2, -0.15) is 0 Å². The van der Waals surface area contributed by atoms with E-state index in [9.17, 15) is 0 Å². The average molecular weight is 475 g/mol. The number of fused-ring (bicyclic) bond motifs is 1. The smallest absolute Gasteiger partial charge is 0.0843 e. The van der Waals surface area contributed by atoms with Crippen LogP contribution in [0, 0.1) is 6.92 Å². The summed E-state index contributed by atoms with van der Waals surface area (Å²) in [5, 5.41) is 2.60. The van der Waals surface area contributed by atoms with Crippen LogP contribution in [-0.4, -0.2) is 0 Å². The summed E-state index contributed by atoms with van der Waals surface area (Å²) < 4.78 is 2.25. The molecule has 1 heterocycles. The molecule has 0 N–H and O–H groups in total. The van der Waals surface area contributed by atoms with Gasteiger partial charge in [0.2, 0.25) is 0 Å². The summed E-state index contributed by atoms with van der Waals surface area (Å²) in [6.45, 7) is 2.17. The predicted octanol–water partition coefficient (Wildman–Crippen LogP) is 7.22. The Kier molecular flexibility index (Phi) is 4.37. The molecule has 20 heavy (non-hydrogen) atoms. The van der Waals surface area contributed by atoms with Crippen molar-refractivity contribution in [3.63, 3.8) is 0 Å². The fourth-order valence-corrected chi connectivity index (χ4v) is 5.47. The van der Waals surface area contributed by atoms with Crippen LogP contribution in [0.3, 0.4) is 0 Å². The molecule has 2 aromatic carbocycles. The molecule has 0 amide bonds. The van der Waals surface area contributed by atoms with Crippen LogP contribution in [0.15, 0.2) is 50.7 Å². The summed E-state index contributed by atoms with van der Waals surface area (Å²) in [4.78, 5) is 1.50. The maximum atomic E-state index is 3.88. The Morgan fingerprint density at radius 1 is 1.05 bits per heavy atom. The second-order valence-corrected chi connectivity index (χ2v) is 8.82. The van der Waals surface area contributed by atoms with Gasteiger partial charge in [0, 0.05) is 9.35 Å². The number of benzene rings is 2. The minimum Gasteiger partial charge on any atom is -0.131 e. The Labute approximate surface area is 147 Å². The van der Waals surface area contributed by atoms with E-state index in [-0.39, 0.29) is 4.83 Å². The minimum absolute atomic E-state index is 0.209. The maximum absolute atomic E-state index is 3.88. The third-order valence-corrected chi connectivity index (χ3v) is 7.93. The van der Waals surface area contributed by atoms with Crippen molar-refractivity contribution in [3.8, 4) is 0 Å². The van der Waals surface area contributed by atoms with Crippen molar-refractivity contribution in [2.24, 2.45) is 0 Å². The molecule has 0 radical (unpaired) electrons. The summed E-state index contributed by atoms with van der Waals surface area (Å²) in [5.41, 5.74) is 2.66. The molecule has 0 bridgehead atoms. The molecular weight excluding hydrogens is 464 g/mol. The van der Waals surface area contributed by atoms with Gasteiger partial charge in [-0.05, 0) is 66.7 Å². The van der Waals surface area contributed by atoms with Crippen LogP contribution < -0.4 is 0 Å². The molecule has 1 unspecified atom stereocenters. The Morgan fingerprint density at radius 2 is 1.80 bits per heavy atom. The van der Waals surface area contributed by atoms with Gasteiger partial charge in [0.15, 0.2) is 0 Å². The zero-order chi connectivity index (χ0) is 14.3. The van der Waals surface area contributed by atoms with Crippen molar-refractivity contribution in [1.82, 2.24) is 0 Å². The summed E-state index contributed by atoms with van der Waals surface area (Å²) in [6, 6.07) is 15.1. The molecule has 1 atom stereocenters. The summed E-state index contributed by atoms with van der Waals surface area (Å²) >= 11 is 12.8. The van der Waals surface area contributed by atoms with E-state index in [2.05, 4.69) is 97.2 Å². The molecule has 0 nitrogen and oxygen atoms in total. The first-order chi connectivity index (χ1) is 9.58. The molecule has 0 fully saturated rings. The first-order valence-electron chi connectivity index (χ1n) is 6.15. The summed E-state index contributed by atoms with van der Waals surface area (Å²) in [7, 11) is 0. The Hall–Kier alpha value is -0.160. The maximum Gasteiger partial charge on any atom is 0.0843 e. The van der Waals surface area contributed by atoms with Crippen molar-refractivity contribution in [3.05, 3.63) is 66.7 Å². The quantitative estimate of drug-likeness (QED) is 0.344. The molecule has 4 heteroatoms. The fourth-order valence-electron chi connectivity index (χ4n) is 2.37. The number of alkyl halides is 1. The second kappa shape index (κ2) is 5.91. The van der Waals surface area contributed by atoms with Crippen LogP contribution in [0.5, 0.6) is 0 Å². The van der Waals surface area contributed by atoms with Gasteiger partial charge in [0.05, 0.1) is 8.61 Å². The first kappa shape index (κ1) is 14.8. The third-order valence-electron chi connectivity index (χ3n) is 3.36. The molecular formula is C16H11Br3S. The SMILES string of the molecule is Cc1ccc2ccccc2c1C(Br)c1cc(Br)c(Br)s1. The Bertz CT molecular complexity index is 757. The van der Waals surface area contributed by atoms with E-state index < -0.39 is 0 Å². The molecule has 0 aliphatic heterocycles. The van der Waals surface area contributed by atoms with E-state index in [0.29, 0.717) is 0 Å². The molecule has 3 aromatic rings. The number of thiophene rings is 1. The number of rotatable bonds is 2. The fraction of sp³-hybridized carbons (Fsp3) is 0.125. The summed E-state index contributed by atoms with van der Waals surface area (Å²) in [5.74, 6) is 0. The molecule has 0 aliphatic carbocycles. The lowest BCUT2D eigenvalue weighted by atomic mass is 9.97. The van der Waals surface area contributed by atoms with Gasteiger partial charge in [-0.3, -0.25) is 0 Å². The lowest BCUT2D eigenvalue weighted by molar-refractivity contribution is 1.20. The summed E-state index contributed by atoms with van der Waals surface area (Å²) in [6.07, 6.45) is 0. The Balaban J connectivity index is 2.20. The van der Waals surface area contributed by atoms with Crippen LogP contribution in [0.25, 0.3) is 10.8 Å². The zero-order valence-corrected chi connectivity index (χ0v) is 16.2. The molecule has 3 rings (SSSR count). The van der Waals surface area contributed by atoms with E-state index in [4.69, 9.17) is 0 Å². The van der Waals surface area contributed by atoms with Crippen LogP contribution >= 0.6 is 59.1 Å². The van der Waals surface area contributed by atoms with Gasteiger partial charge in [-0.25, -0.2) is 0 Å². The van der Waals surface area contributed by atoms with Gasteiger partial charge in [-0.15, -0.1) is 11.3 Å². The van der Waals surface area contributed by atoms with E-state index >= 15 is 0 Å². The first-order valence-corrected chi connectivity index (χ1v) is 9.47. The van der Waals surface area contributed by atoms with Gasteiger partial charge in [-0.1, -0.05) is 52.3 Å². The van der Waals surface area contributed by atoms with Crippen molar-refractivity contribution < 1.29 is 0 Å². The van der Waals surface area contributed by atoms with Gasteiger partial charge >= 0.3 is 0 Å². The lowest BCUT2D eigenvalue weighted by Crippen LogP contribution is -1.95. The van der Waals surface area contributed by atoms with Crippen molar-refractivity contribution in [2.45, 2.75) is 11.8 Å². The number of hydrogen-bond donors (Lipinski definition) is 0. The molecule has 0 aliphatic rings. The van der Waals surface area contributed by atoms with Crippen LogP contribution in [0.1, 0.15) is 20.8 Å². The minimum atomic E-state index is 0.209. The number of aryl methyl sites for hydroxylation is 1. The standard InChI is InChI=1S/C16H11Br3S/c1-9-6-7-10-4-2-3-5-11(10)14(9)15(18)13-8-12(17)16(19)20-13/h2-8,15H,1H3. The number of hydrogen-bond acceptors (Lipinski definition) is 1. The van der Waals surface area contributed by atoms with E-state index in [1.807, 2.05) is 0 Å². The second-order valence-electron chi connectivity index (χ2n) is 4.65. The third kappa shape index (κ3) is 2.63. The molecule has 0 saturated carbocycles. The van der Waals surface area contributed by atoms with Crippen molar-refractivity contribution >= 4 is 69.9 Å². The van der Waals surface area contributed by atoms with E-state index in [0.717, 1.165) is 8.26 Å². The van der Waals surface area contributed by atoms with Crippen molar-refractivity contribution in [1.29, 1.82) is 0 Å². The largest absolute Gasteiger partial charge is 0.131 e. The normalized spacial score (nSPS) is 12.8. The van der Waals surface area contributed by atoms with E-state index in [1.165, 1.54) is 26.8 Å². The molecule has 0 spiro atoms. The molecule has 0 saturated heterocycles. The van der Waals surface area contributed by atoms with Crippen LogP contribution in [0.4, 0.5) is 0 Å². The van der Waals surface area contributed by atoms with E-state index in [1.54, 1.807) is 11.3 Å². The highest BCUT2D eigenvalue weighted by atomic mass is 79.9. The van der Waals surface area contributed by atoms with Crippen LogP contribution in [0.2, 0.25) is 0 Å². The predicted molar refractivity (Wildman–Crippen MR) is 99.2 cm³/mol. The monoisotopic (exact) mass is 472 g/mol. The van der Waals surface area contributed by atoms with Gasteiger partial charge in [0.25, 0.3) is 0 Å². The highest BCUT2D eigenvalue weighted by Gasteiger charge is 2.19. The Morgan fingerprint density at radius 3 is 2.50 bits per heavy atom. The highest BCUT2D eigenvalue weighted by Crippen LogP contribution is 2.44. The highest BCUT2D eigenvalue weighted by molar-refractivity contribution is 9.13. The molecule has 1 aromatic heterocycles. The zero-order valence-electron chi connectivity index (χ0n) is 10.7. The van der Waals surface area contributed by atoms with Crippen molar-refractivity contribution in [2.75, 3.05) is 0 Å². The number of halogens is 3. The lowest BCUT2D eigenvalue weighted by Gasteiger charge is -2.15. The van der Waals surface area contributed by atoms with Crippen LogP contribution in [-0.2, 0) is 0 Å². The van der Waals surface area contributed by atoms with Gasteiger partial charge in [0.1, 0.15) is 0 Å². The topological polar surface area (TPSA) is 0 Å². The average Bonchev–Trinajstić information content (AvgIpc) is 2.78. The molecule has 102 valence electrons.